The number of amides is 1. The number of carbonyl (C=O) groups excluding carboxylic acids is 1. The van der Waals surface area contributed by atoms with E-state index in [-0.39, 0.29) is 5.84 Å². The van der Waals surface area contributed by atoms with Gasteiger partial charge in [-0.25, -0.2) is 0 Å². The first-order chi connectivity index (χ1) is 9.20. The average molecular weight is 249 g/mol. The molecular formula is C15H11N3O. The molecule has 0 saturated carbocycles. The molecule has 2 rings (SSSR count). The lowest BCUT2D eigenvalue weighted by atomic mass is 10.1. The molecule has 0 unspecified atom stereocenters. The lowest BCUT2D eigenvalue weighted by Crippen LogP contribution is -2.15. The van der Waals surface area contributed by atoms with Crippen LogP contribution in [-0.2, 0) is 0 Å². The first-order valence-corrected chi connectivity index (χ1v) is 5.65. The minimum absolute atomic E-state index is 0.176. The second-order valence-electron chi connectivity index (χ2n) is 3.86. The van der Waals surface area contributed by atoms with Crippen LogP contribution in [-0.4, -0.2) is 11.7 Å². The van der Waals surface area contributed by atoms with Gasteiger partial charge in [0.05, 0.1) is 11.6 Å². The second kappa shape index (κ2) is 5.61. The molecule has 0 bridgehead atoms. The van der Waals surface area contributed by atoms with Crippen molar-refractivity contribution in [2.45, 2.75) is 0 Å². The lowest BCUT2D eigenvalue weighted by molar-refractivity contribution is 0.100. The summed E-state index contributed by atoms with van der Waals surface area (Å²) in [5, 5.41) is 8.68. The maximum absolute atomic E-state index is 11.9. The van der Waals surface area contributed by atoms with Gasteiger partial charge in [-0.3, -0.25) is 4.79 Å². The molecule has 4 nitrogen and oxygen atoms in total. The third kappa shape index (κ3) is 3.05. The number of nitrogens with two attached hydrogens (primary N) is 1. The van der Waals surface area contributed by atoms with Gasteiger partial charge in [-0.15, -0.1) is 0 Å². The van der Waals surface area contributed by atoms with Crippen molar-refractivity contribution in [1.29, 1.82) is 5.26 Å². The molecule has 0 spiro atoms. The fourth-order valence-electron chi connectivity index (χ4n) is 1.53. The molecule has 2 aromatic rings. The van der Waals surface area contributed by atoms with Gasteiger partial charge in [-0.2, -0.15) is 10.3 Å². The molecule has 0 aliphatic heterocycles. The molecule has 1 amide bonds. The molecule has 0 saturated heterocycles. The van der Waals surface area contributed by atoms with Crippen LogP contribution in [0.2, 0.25) is 0 Å². The van der Waals surface area contributed by atoms with Crippen LogP contribution in [0, 0.1) is 11.3 Å². The minimum Gasteiger partial charge on any atom is -0.383 e. The van der Waals surface area contributed by atoms with Gasteiger partial charge in [0.1, 0.15) is 5.84 Å². The molecule has 0 aliphatic carbocycles. The molecule has 2 aromatic carbocycles. The van der Waals surface area contributed by atoms with E-state index in [0.29, 0.717) is 16.7 Å². The van der Waals surface area contributed by atoms with Crippen molar-refractivity contribution in [2.24, 2.45) is 10.7 Å². The highest BCUT2D eigenvalue weighted by atomic mass is 16.1. The zero-order valence-corrected chi connectivity index (χ0v) is 10.1. The van der Waals surface area contributed by atoms with Crippen molar-refractivity contribution in [1.82, 2.24) is 0 Å². The molecule has 4 heteroatoms. The van der Waals surface area contributed by atoms with E-state index < -0.39 is 5.91 Å². The first kappa shape index (κ1) is 12.5. The topological polar surface area (TPSA) is 79.2 Å². The van der Waals surface area contributed by atoms with Crippen LogP contribution in [0.3, 0.4) is 0 Å². The molecule has 0 heterocycles. The Kier molecular flexibility index (Phi) is 3.70. The Labute approximate surface area is 110 Å². The summed E-state index contributed by atoms with van der Waals surface area (Å²) < 4.78 is 0. The molecule has 92 valence electrons. The number of rotatable bonds is 2. The quantitative estimate of drug-likeness (QED) is 0.653. The third-order valence-corrected chi connectivity index (χ3v) is 2.55. The van der Waals surface area contributed by atoms with Crippen molar-refractivity contribution in [3.05, 3.63) is 71.3 Å². The number of hydrogen-bond donors (Lipinski definition) is 1. The van der Waals surface area contributed by atoms with E-state index in [1.165, 1.54) is 0 Å². The van der Waals surface area contributed by atoms with Crippen molar-refractivity contribution >= 4 is 11.7 Å². The first-order valence-electron chi connectivity index (χ1n) is 5.65. The van der Waals surface area contributed by atoms with Gasteiger partial charge in [-0.05, 0) is 24.3 Å². The van der Waals surface area contributed by atoms with Gasteiger partial charge < -0.3 is 5.73 Å². The van der Waals surface area contributed by atoms with Crippen molar-refractivity contribution in [3.63, 3.8) is 0 Å². The Morgan fingerprint density at radius 1 is 1.00 bits per heavy atom. The van der Waals surface area contributed by atoms with Crippen LogP contribution < -0.4 is 5.73 Å². The van der Waals surface area contributed by atoms with Crippen molar-refractivity contribution < 1.29 is 4.79 Å². The normalized spacial score (nSPS) is 10.8. The largest absolute Gasteiger partial charge is 0.383 e. The SMILES string of the molecule is N#Cc1ccc(C(=O)N=C(N)c2ccccc2)cc1. The van der Waals surface area contributed by atoms with E-state index in [0.717, 1.165) is 0 Å². The Hall–Kier alpha value is -2.93. The van der Waals surface area contributed by atoms with E-state index in [1.54, 1.807) is 36.4 Å². The fraction of sp³-hybridized carbons (Fsp3) is 0. The Bertz CT molecular complexity index is 652. The minimum atomic E-state index is -0.425. The molecular weight excluding hydrogens is 238 g/mol. The van der Waals surface area contributed by atoms with Crippen LogP contribution in [0.25, 0.3) is 0 Å². The molecule has 2 N–H and O–H groups in total. The van der Waals surface area contributed by atoms with Gasteiger partial charge in [-0.1, -0.05) is 30.3 Å². The van der Waals surface area contributed by atoms with Crippen molar-refractivity contribution in [2.75, 3.05) is 0 Å². The summed E-state index contributed by atoms with van der Waals surface area (Å²) in [5.41, 5.74) is 7.36. The number of benzene rings is 2. The van der Waals surface area contributed by atoms with E-state index >= 15 is 0 Å². The predicted octanol–water partition coefficient (Wildman–Crippen LogP) is 2.10. The summed E-state index contributed by atoms with van der Waals surface area (Å²) in [7, 11) is 0. The maximum Gasteiger partial charge on any atom is 0.278 e. The molecule has 0 aliphatic rings. The zero-order valence-electron chi connectivity index (χ0n) is 10.1. The standard InChI is InChI=1S/C15H11N3O/c16-10-11-6-8-13(9-7-11)15(19)18-14(17)12-4-2-1-3-5-12/h1-9H,(H2,17,18,19). The van der Waals surface area contributed by atoms with Gasteiger partial charge in [0, 0.05) is 11.1 Å². The van der Waals surface area contributed by atoms with Crippen LogP contribution in [0.1, 0.15) is 21.5 Å². The third-order valence-electron chi connectivity index (χ3n) is 2.55. The monoisotopic (exact) mass is 249 g/mol. The Morgan fingerprint density at radius 3 is 2.21 bits per heavy atom. The summed E-state index contributed by atoms with van der Waals surface area (Å²) in [6.07, 6.45) is 0. The highest BCUT2D eigenvalue weighted by Crippen LogP contribution is 2.06. The summed E-state index contributed by atoms with van der Waals surface area (Å²) in [6, 6.07) is 17.3. The number of carbonyl (C=O) groups is 1. The smallest absolute Gasteiger partial charge is 0.278 e. The molecule has 0 aromatic heterocycles. The number of nitrogens with zero attached hydrogens (tertiary/aromatic N) is 2. The van der Waals surface area contributed by atoms with Crippen LogP contribution in [0.15, 0.2) is 59.6 Å². The van der Waals surface area contributed by atoms with Gasteiger partial charge >= 0.3 is 0 Å². The maximum atomic E-state index is 11.9. The van der Waals surface area contributed by atoms with Crippen molar-refractivity contribution in [3.8, 4) is 6.07 Å². The molecule has 0 radical (unpaired) electrons. The number of amidine groups is 1. The summed E-state index contributed by atoms with van der Waals surface area (Å²) >= 11 is 0. The van der Waals surface area contributed by atoms with Gasteiger partial charge in [0.2, 0.25) is 0 Å². The second-order valence-corrected chi connectivity index (χ2v) is 3.86. The molecule has 0 fully saturated rings. The Morgan fingerprint density at radius 2 is 1.63 bits per heavy atom. The predicted molar refractivity (Wildman–Crippen MR) is 72.7 cm³/mol. The van der Waals surface area contributed by atoms with E-state index in [4.69, 9.17) is 11.0 Å². The number of hydrogen-bond acceptors (Lipinski definition) is 2. The highest BCUT2D eigenvalue weighted by molar-refractivity contribution is 6.08. The summed E-state index contributed by atoms with van der Waals surface area (Å²) in [6.45, 7) is 0. The summed E-state index contributed by atoms with van der Waals surface area (Å²) in [5.74, 6) is -0.249. The fourth-order valence-corrected chi connectivity index (χ4v) is 1.53. The molecule has 0 atom stereocenters. The summed E-state index contributed by atoms with van der Waals surface area (Å²) in [4.78, 5) is 15.7. The lowest BCUT2D eigenvalue weighted by Gasteiger charge is -2.00. The van der Waals surface area contributed by atoms with E-state index in [9.17, 15) is 4.79 Å². The highest BCUT2D eigenvalue weighted by Gasteiger charge is 2.06. The van der Waals surface area contributed by atoms with Crippen LogP contribution >= 0.6 is 0 Å². The number of aliphatic imine (C=N–C) groups is 1. The van der Waals surface area contributed by atoms with Crippen LogP contribution in [0.4, 0.5) is 0 Å². The zero-order chi connectivity index (χ0) is 13.7. The van der Waals surface area contributed by atoms with E-state index in [2.05, 4.69) is 4.99 Å². The molecule has 19 heavy (non-hydrogen) atoms. The van der Waals surface area contributed by atoms with E-state index in [1.807, 2.05) is 24.3 Å². The number of nitriles is 1. The average Bonchev–Trinajstić information content (AvgIpc) is 2.48. The van der Waals surface area contributed by atoms with Gasteiger partial charge in [0.15, 0.2) is 0 Å². The Balaban J connectivity index is 2.23. The van der Waals surface area contributed by atoms with Gasteiger partial charge in [0.25, 0.3) is 5.91 Å². The van der Waals surface area contributed by atoms with Crippen LogP contribution in [0.5, 0.6) is 0 Å².